The van der Waals surface area contributed by atoms with Gasteiger partial charge in [-0.25, -0.2) is 0 Å². The molecule has 19 heavy (non-hydrogen) atoms. The third-order valence-electron chi connectivity index (χ3n) is 4.69. The summed E-state index contributed by atoms with van der Waals surface area (Å²) in [5, 5.41) is 3.22. The van der Waals surface area contributed by atoms with Gasteiger partial charge >= 0.3 is 0 Å². The van der Waals surface area contributed by atoms with E-state index in [0.717, 1.165) is 32.1 Å². The predicted octanol–water partition coefficient (Wildman–Crippen LogP) is 2.92. The molecule has 108 valence electrons. The Labute approximate surface area is 121 Å². The summed E-state index contributed by atoms with van der Waals surface area (Å²) in [5.74, 6) is 0.676. The monoisotopic (exact) mass is 282 g/mol. The number of hydrogen-bond acceptors (Lipinski definition) is 2. The van der Waals surface area contributed by atoms with Crippen molar-refractivity contribution in [1.82, 2.24) is 5.32 Å². The number of amides is 1. The molecule has 3 N–H and O–H groups in total. The van der Waals surface area contributed by atoms with Gasteiger partial charge in [0, 0.05) is 17.9 Å². The van der Waals surface area contributed by atoms with Gasteiger partial charge in [0.05, 0.1) is 4.99 Å². The quantitative estimate of drug-likeness (QED) is 0.783. The molecule has 0 aromatic carbocycles. The van der Waals surface area contributed by atoms with Crippen LogP contribution in [0.1, 0.15) is 64.2 Å². The number of nitrogens with one attached hydrogen (secondary N) is 1. The van der Waals surface area contributed by atoms with Crippen LogP contribution in [0.15, 0.2) is 0 Å². The molecule has 2 fully saturated rings. The first-order chi connectivity index (χ1) is 9.18. The van der Waals surface area contributed by atoms with Crippen LogP contribution in [0.4, 0.5) is 0 Å². The van der Waals surface area contributed by atoms with Gasteiger partial charge in [-0.1, -0.05) is 50.7 Å². The largest absolute Gasteiger partial charge is 0.393 e. The molecule has 2 atom stereocenters. The molecule has 3 nitrogen and oxygen atoms in total. The molecular weight excluding hydrogens is 256 g/mol. The normalized spacial score (nSPS) is 29.5. The van der Waals surface area contributed by atoms with E-state index in [1.54, 1.807) is 0 Å². The van der Waals surface area contributed by atoms with Gasteiger partial charge < -0.3 is 11.1 Å². The molecule has 0 aromatic rings. The van der Waals surface area contributed by atoms with E-state index in [9.17, 15) is 4.79 Å². The molecule has 2 aliphatic rings. The van der Waals surface area contributed by atoms with Gasteiger partial charge in [0.1, 0.15) is 0 Å². The average molecular weight is 282 g/mol. The summed E-state index contributed by atoms with van der Waals surface area (Å²) in [6, 6.07) is 0.190. The summed E-state index contributed by atoms with van der Waals surface area (Å²) >= 11 is 5.11. The Hall–Kier alpha value is -0.640. The summed E-state index contributed by atoms with van der Waals surface area (Å²) in [4.78, 5) is 13.0. The van der Waals surface area contributed by atoms with Crippen molar-refractivity contribution in [1.29, 1.82) is 0 Å². The van der Waals surface area contributed by atoms with E-state index in [1.165, 1.54) is 32.1 Å². The third-order valence-corrected chi connectivity index (χ3v) is 4.99. The van der Waals surface area contributed by atoms with Crippen molar-refractivity contribution in [3.05, 3.63) is 0 Å². The number of hydrogen-bond donors (Lipinski definition) is 2. The molecule has 4 heteroatoms. The molecule has 0 heterocycles. The van der Waals surface area contributed by atoms with Gasteiger partial charge in [-0.2, -0.15) is 0 Å². The van der Waals surface area contributed by atoms with Crippen LogP contribution in [0.25, 0.3) is 0 Å². The standard InChI is InChI=1S/C15H26N2OS/c16-14(19)12-9-6-10-13(12)17-15(18)11-7-4-2-1-3-5-8-11/h11-13H,1-10H2,(H2,16,19)(H,17,18). The predicted molar refractivity (Wildman–Crippen MR) is 81.9 cm³/mol. The van der Waals surface area contributed by atoms with Gasteiger partial charge in [-0.05, 0) is 25.7 Å². The number of thiocarbonyl (C=S) groups is 1. The van der Waals surface area contributed by atoms with Crippen molar-refractivity contribution in [3.63, 3.8) is 0 Å². The van der Waals surface area contributed by atoms with Crippen LogP contribution in [0.2, 0.25) is 0 Å². The maximum Gasteiger partial charge on any atom is 0.223 e. The molecule has 2 unspecified atom stereocenters. The van der Waals surface area contributed by atoms with Crippen molar-refractivity contribution < 1.29 is 4.79 Å². The van der Waals surface area contributed by atoms with Gasteiger partial charge in [-0.3, -0.25) is 4.79 Å². The fourth-order valence-corrected chi connectivity index (χ4v) is 3.77. The Kier molecular flexibility index (Phi) is 5.61. The molecule has 0 aromatic heterocycles. The van der Waals surface area contributed by atoms with Gasteiger partial charge in [0.15, 0.2) is 0 Å². The lowest BCUT2D eigenvalue weighted by molar-refractivity contribution is -0.126. The lowest BCUT2D eigenvalue weighted by atomic mass is 9.90. The maximum absolute atomic E-state index is 12.4. The first-order valence-electron chi connectivity index (χ1n) is 7.78. The highest BCUT2D eigenvalue weighted by atomic mass is 32.1. The molecule has 0 aliphatic heterocycles. The second-order valence-corrected chi connectivity index (χ2v) is 6.57. The van der Waals surface area contributed by atoms with Crippen LogP contribution in [0, 0.1) is 11.8 Å². The number of carbonyl (C=O) groups excluding carboxylic acids is 1. The van der Waals surface area contributed by atoms with E-state index >= 15 is 0 Å². The molecule has 0 spiro atoms. The van der Waals surface area contributed by atoms with Gasteiger partial charge in [0.2, 0.25) is 5.91 Å². The van der Waals surface area contributed by atoms with Crippen LogP contribution >= 0.6 is 12.2 Å². The van der Waals surface area contributed by atoms with Gasteiger partial charge in [-0.15, -0.1) is 0 Å². The Morgan fingerprint density at radius 3 is 2.21 bits per heavy atom. The van der Waals surface area contributed by atoms with E-state index in [4.69, 9.17) is 18.0 Å². The van der Waals surface area contributed by atoms with Crippen molar-refractivity contribution in [2.75, 3.05) is 0 Å². The molecule has 2 aliphatic carbocycles. The van der Waals surface area contributed by atoms with E-state index in [-0.39, 0.29) is 23.8 Å². The highest BCUT2D eigenvalue weighted by molar-refractivity contribution is 7.80. The molecule has 1 amide bonds. The highest BCUT2D eigenvalue weighted by Crippen LogP contribution is 2.28. The van der Waals surface area contributed by atoms with E-state index in [1.807, 2.05) is 0 Å². The van der Waals surface area contributed by atoms with Gasteiger partial charge in [0.25, 0.3) is 0 Å². The fourth-order valence-electron chi connectivity index (χ4n) is 3.49. The Bertz CT molecular complexity index is 324. The smallest absolute Gasteiger partial charge is 0.223 e. The van der Waals surface area contributed by atoms with Crippen LogP contribution < -0.4 is 11.1 Å². The molecule has 2 saturated carbocycles. The van der Waals surface area contributed by atoms with Crippen molar-refractivity contribution >= 4 is 23.1 Å². The van der Waals surface area contributed by atoms with Crippen LogP contribution in [0.5, 0.6) is 0 Å². The Morgan fingerprint density at radius 1 is 0.947 bits per heavy atom. The molecule has 0 saturated heterocycles. The van der Waals surface area contributed by atoms with Crippen molar-refractivity contribution in [2.24, 2.45) is 17.6 Å². The lowest BCUT2D eigenvalue weighted by Crippen LogP contribution is -2.44. The van der Waals surface area contributed by atoms with E-state index in [2.05, 4.69) is 5.32 Å². The zero-order valence-corrected chi connectivity index (χ0v) is 12.5. The van der Waals surface area contributed by atoms with Crippen LogP contribution in [-0.2, 0) is 4.79 Å². The fraction of sp³-hybridized carbons (Fsp3) is 0.867. The average Bonchev–Trinajstić information content (AvgIpc) is 2.76. The van der Waals surface area contributed by atoms with Crippen molar-refractivity contribution in [3.8, 4) is 0 Å². The summed E-state index contributed by atoms with van der Waals surface area (Å²) < 4.78 is 0. The maximum atomic E-state index is 12.4. The van der Waals surface area contributed by atoms with E-state index < -0.39 is 0 Å². The number of nitrogens with two attached hydrogens (primary N) is 1. The Balaban J connectivity index is 1.86. The topological polar surface area (TPSA) is 55.1 Å². The second kappa shape index (κ2) is 7.22. The van der Waals surface area contributed by atoms with Crippen molar-refractivity contribution in [2.45, 2.75) is 70.3 Å². The molecule has 2 rings (SSSR count). The molecule has 0 radical (unpaired) electrons. The minimum absolute atomic E-state index is 0.190. The zero-order valence-electron chi connectivity index (χ0n) is 11.7. The number of carbonyl (C=O) groups is 1. The highest BCUT2D eigenvalue weighted by Gasteiger charge is 2.32. The summed E-state index contributed by atoms with van der Waals surface area (Å²) in [7, 11) is 0. The number of rotatable bonds is 3. The zero-order chi connectivity index (χ0) is 13.7. The minimum atomic E-state index is 0.190. The van der Waals surface area contributed by atoms with Crippen LogP contribution in [-0.4, -0.2) is 16.9 Å². The van der Waals surface area contributed by atoms with E-state index in [0.29, 0.717) is 4.99 Å². The van der Waals surface area contributed by atoms with Crippen LogP contribution in [0.3, 0.4) is 0 Å². The summed E-state index contributed by atoms with van der Waals surface area (Å²) in [6.07, 6.45) is 11.6. The first-order valence-corrected chi connectivity index (χ1v) is 8.19. The summed E-state index contributed by atoms with van der Waals surface area (Å²) in [6.45, 7) is 0. The second-order valence-electron chi connectivity index (χ2n) is 6.10. The lowest BCUT2D eigenvalue weighted by Gasteiger charge is -2.24. The Morgan fingerprint density at radius 2 is 1.58 bits per heavy atom. The molecule has 0 bridgehead atoms. The summed E-state index contributed by atoms with van der Waals surface area (Å²) in [5.41, 5.74) is 5.77. The third kappa shape index (κ3) is 4.16. The molecular formula is C15H26N2OS. The first kappa shape index (κ1) is 14.8. The SMILES string of the molecule is NC(=S)C1CCCC1NC(=O)C1CCCCCCC1. The minimum Gasteiger partial charge on any atom is -0.393 e.